The number of hydrogen-bond acceptors (Lipinski definition) is 5. The van der Waals surface area contributed by atoms with Crippen LogP contribution in [0.5, 0.6) is 0 Å². The molecule has 2 aromatic rings. The third-order valence-corrected chi connectivity index (χ3v) is 6.78. The number of likely N-dealkylation sites (tertiary alicyclic amines) is 1. The Morgan fingerprint density at radius 3 is 2.48 bits per heavy atom. The molecule has 3 heterocycles. The lowest BCUT2D eigenvalue weighted by molar-refractivity contribution is 0.141. The molecular formula is C25H36FN5. The van der Waals surface area contributed by atoms with Crippen LogP contribution in [0, 0.1) is 5.82 Å². The van der Waals surface area contributed by atoms with Gasteiger partial charge in [0.05, 0.1) is 0 Å². The van der Waals surface area contributed by atoms with Crippen LogP contribution in [0.25, 0.3) is 11.1 Å². The molecule has 5 nitrogen and oxygen atoms in total. The molecule has 0 amide bonds. The standard InChI is InChI=1S/C25H36FN5/c1-3-4-14-29(2)24-22(21-10-6-7-11-23(21)26)19-27-25(28-24)31-17-12-20(13-18-31)30-15-8-5-9-16-30/h6-7,10-11,19-20H,3-5,8-9,12-18H2,1-2H3. The van der Waals surface area contributed by atoms with E-state index in [1.807, 2.05) is 18.3 Å². The van der Waals surface area contributed by atoms with Gasteiger partial charge in [0.25, 0.3) is 0 Å². The van der Waals surface area contributed by atoms with E-state index in [-0.39, 0.29) is 5.82 Å². The van der Waals surface area contributed by atoms with Crippen molar-refractivity contribution < 1.29 is 4.39 Å². The van der Waals surface area contributed by atoms with E-state index in [2.05, 4.69) is 33.7 Å². The summed E-state index contributed by atoms with van der Waals surface area (Å²) >= 11 is 0. The van der Waals surface area contributed by atoms with Gasteiger partial charge in [-0.05, 0) is 51.3 Å². The largest absolute Gasteiger partial charge is 0.359 e. The Kier molecular flexibility index (Phi) is 7.38. The van der Waals surface area contributed by atoms with E-state index in [0.29, 0.717) is 11.6 Å². The van der Waals surface area contributed by atoms with E-state index in [9.17, 15) is 4.39 Å². The number of unbranched alkanes of at least 4 members (excludes halogenated alkanes) is 1. The number of halogens is 1. The maximum absolute atomic E-state index is 14.6. The molecule has 2 fully saturated rings. The topological polar surface area (TPSA) is 35.5 Å². The zero-order valence-electron chi connectivity index (χ0n) is 19.1. The van der Waals surface area contributed by atoms with Crippen LogP contribution < -0.4 is 9.80 Å². The van der Waals surface area contributed by atoms with E-state index in [4.69, 9.17) is 4.98 Å². The maximum Gasteiger partial charge on any atom is 0.227 e. The predicted octanol–water partition coefficient (Wildman–Crippen LogP) is 4.97. The van der Waals surface area contributed by atoms with Crippen molar-refractivity contribution in [1.82, 2.24) is 14.9 Å². The van der Waals surface area contributed by atoms with E-state index >= 15 is 0 Å². The van der Waals surface area contributed by atoms with Gasteiger partial charge in [0.1, 0.15) is 11.6 Å². The molecule has 0 saturated carbocycles. The summed E-state index contributed by atoms with van der Waals surface area (Å²) in [5.41, 5.74) is 1.33. The fourth-order valence-corrected chi connectivity index (χ4v) is 4.89. The first kappa shape index (κ1) is 22.0. The monoisotopic (exact) mass is 425 g/mol. The highest BCUT2D eigenvalue weighted by atomic mass is 19.1. The molecule has 168 valence electrons. The molecule has 2 aliphatic rings. The number of hydrogen-bond donors (Lipinski definition) is 0. The average molecular weight is 426 g/mol. The average Bonchev–Trinajstić information content (AvgIpc) is 2.83. The van der Waals surface area contributed by atoms with E-state index in [1.165, 1.54) is 51.3 Å². The summed E-state index contributed by atoms with van der Waals surface area (Å²) < 4.78 is 14.6. The Morgan fingerprint density at radius 1 is 1.03 bits per heavy atom. The first-order valence-electron chi connectivity index (χ1n) is 12.0. The van der Waals surface area contributed by atoms with Gasteiger partial charge in [-0.15, -0.1) is 0 Å². The van der Waals surface area contributed by atoms with Crippen LogP contribution in [0.4, 0.5) is 16.2 Å². The lowest BCUT2D eigenvalue weighted by Gasteiger charge is -2.40. The van der Waals surface area contributed by atoms with Gasteiger partial charge in [-0.2, -0.15) is 4.98 Å². The maximum atomic E-state index is 14.6. The van der Waals surface area contributed by atoms with Crippen molar-refractivity contribution in [2.24, 2.45) is 0 Å². The summed E-state index contributed by atoms with van der Waals surface area (Å²) in [6.45, 7) is 7.56. The van der Waals surface area contributed by atoms with E-state index < -0.39 is 0 Å². The summed E-state index contributed by atoms with van der Waals surface area (Å²) in [6.07, 6.45) is 10.4. The zero-order valence-corrected chi connectivity index (χ0v) is 19.1. The van der Waals surface area contributed by atoms with Crippen molar-refractivity contribution in [1.29, 1.82) is 0 Å². The molecule has 0 radical (unpaired) electrons. The molecule has 0 atom stereocenters. The smallest absolute Gasteiger partial charge is 0.227 e. The Morgan fingerprint density at radius 2 is 1.77 bits per heavy atom. The third-order valence-electron chi connectivity index (χ3n) is 6.78. The molecule has 4 rings (SSSR count). The molecule has 0 spiro atoms. The molecule has 0 bridgehead atoms. The van der Waals surface area contributed by atoms with Crippen LogP contribution in [-0.2, 0) is 0 Å². The molecule has 1 aromatic carbocycles. The number of rotatable bonds is 7. The van der Waals surface area contributed by atoms with Crippen LogP contribution >= 0.6 is 0 Å². The number of nitrogens with zero attached hydrogens (tertiary/aromatic N) is 5. The number of benzene rings is 1. The van der Waals surface area contributed by atoms with Crippen molar-refractivity contribution in [3.8, 4) is 11.1 Å². The highest BCUT2D eigenvalue weighted by Gasteiger charge is 2.27. The minimum Gasteiger partial charge on any atom is -0.359 e. The van der Waals surface area contributed by atoms with Gasteiger partial charge < -0.3 is 14.7 Å². The predicted molar refractivity (Wildman–Crippen MR) is 126 cm³/mol. The van der Waals surface area contributed by atoms with Gasteiger partial charge >= 0.3 is 0 Å². The van der Waals surface area contributed by atoms with Crippen molar-refractivity contribution >= 4 is 11.8 Å². The molecule has 2 saturated heterocycles. The zero-order chi connectivity index (χ0) is 21.6. The molecule has 2 aliphatic heterocycles. The van der Waals surface area contributed by atoms with Crippen LogP contribution in [0.15, 0.2) is 30.5 Å². The minimum atomic E-state index is -0.230. The lowest BCUT2D eigenvalue weighted by Crippen LogP contribution is -2.47. The molecule has 6 heteroatoms. The summed E-state index contributed by atoms with van der Waals surface area (Å²) in [5, 5.41) is 0. The van der Waals surface area contributed by atoms with Gasteiger partial charge in [-0.1, -0.05) is 38.0 Å². The van der Waals surface area contributed by atoms with E-state index in [0.717, 1.165) is 49.8 Å². The Bertz CT molecular complexity index is 844. The second-order valence-electron chi connectivity index (χ2n) is 8.98. The highest BCUT2D eigenvalue weighted by molar-refractivity contribution is 5.76. The normalized spacial score (nSPS) is 18.4. The fraction of sp³-hybridized carbons (Fsp3) is 0.600. The van der Waals surface area contributed by atoms with Crippen LogP contribution in [0.2, 0.25) is 0 Å². The molecule has 0 unspecified atom stereocenters. The SMILES string of the molecule is CCCCN(C)c1nc(N2CCC(N3CCCCC3)CC2)ncc1-c1ccccc1F. The fourth-order valence-electron chi connectivity index (χ4n) is 4.89. The first-order chi connectivity index (χ1) is 15.2. The number of piperidine rings is 2. The van der Waals surface area contributed by atoms with Gasteiger partial charge in [-0.25, -0.2) is 9.37 Å². The molecule has 0 N–H and O–H groups in total. The molecule has 1 aromatic heterocycles. The highest BCUT2D eigenvalue weighted by Crippen LogP contribution is 2.32. The van der Waals surface area contributed by atoms with Gasteiger partial charge in [-0.3, -0.25) is 0 Å². The second kappa shape index (κ2) is 10.4. The molecular weight excluding hydrogens is 389 g/mol. The Balaban J connectivity index is 1.54. The lowest BCUT2D eigenvalue weighted by atomic mass is 10.00. The molecule has 31 heavy (non-hydrogen) atoms. The van der Waals surface area contributed by atoms with Gasteiger partial charge in [0, 0.05) is 50.0 Å². The van der Waals surface area contributed by atoms with Gasteiger partial charge in [0.15, 0.2) is 0 Å². The number of aromatic nitrogens is 2. The quantitative estimate of drug-likeness (QED) is 0.626. The summed E-state index contributed by atoms with van der Waals surface area (Å²) in [5.74, 6) is 1.36. The number of anilines is 2. The molecule has 0 aliphatic carbocycles. The minimum absolute atomic E-state index is 0.230. The van der Waals surface area contributed by atoms with Gasteiger partial charge in [0.2, 0.25) is 5.95 Å². The van der Waals surface area contributed by atoms with E-state index in [1.54, 1.807) is 6.07 Å². The van der Waals surface area contributed by atoms with Crippen molar-refractivity contribution in [2.45, 2.75) is 57.9 Å². The first-order valence-corrected chi connectivity index (χ1v) is 12.0. The van der Waals surface area contributed by atoms with Crippen LogP contribution in [0.3, 0.4) is 0 Å². The summed E-state index contributed by atoms with van der Waals surface area (Å²) in [6, 6.07) is 7.61. The Labute approximate surface area is 186 Å². The second-order valence-corrected chi connectivity index (χ2v) is 8.98. The van der Waals surface area contributed by atoms with Crippen LogP contribution in [-0.4, -0.2) is 60.7 Å². The summed E-state index contributed by atoms with van der Waals surface area (Å²) in [7, 11) is 2.05. The summed E-state index contributed by atoms with van der Waals surface area (Å²) in [4.78, 5) is 16.8. The Hall–Kier alpha value is -2.21. The van der Waals surface area contributed by atoms with Crippen LogP contribution in [0.1, 0.15) is 51.9 Å². The van der Waals surface area contributed by atoms with Crippen molar-refractivity contribution in [2.75, 3.05) is 49.6 Å². The van der Waals surface area contributed by atoms with Crippen molar-refractivity contribution in [3.05, 3.63) is 36.3 Å². The van der Waals surface area contributed by atoms with Crippen molar-refractivity contribution in [3.63, 3.8) is 0 Å². The third kappa shape index (κ3) is 5.17.